The molecule has 1 aliphatic rings. The minimum atomic E-state index is -4.73. The highest BCUT2D eigenvalue weighted by Gasteiger charge is 2.43. The monoisotopic (exact) mass is 535 g/mol. The molecule has 12 heteroatoms. The molecule has 0 saturated heterocycles. The van der Waals surface area contributed by atoms with Crippen LogP contribution in [-0.2, 0) is 22.3 Å². The number of aromatic nitrogens is 3. The Balaban J connectivity index is 1.62. The first kappa shape index (κ1) is 26.5. The summed E-state index contributed by atoms with van der Waals surface area (Å²) in [6.07, 6.45) is -3.14. The Hall–Kier alpha value is -3.60. The molecule has 196 valence electrons. The molecule has 0 aliphatic heterocycles. The Morgan fingerprint density at radius 2 is 1.76 bits per heavy atom. The van der Waals surface area contributed by atoms with Gasteiger partial charge in [0.1, 0.15) is 6.54 Å². The third kappa shape index (κ3) is 5.56. The highest BCUT2D eigenvalue weighted by Crippen LogP contribution is 2.39. The van der Waals surface area contributed by atoms with Gasteiger partial charge in [-0.05, 0) is 62.6 Å². The molecule has 4 rings (SSSR count). The minimum absolute atomic E-state index is 0.0375. The number of amides is 2. The zero-order valence-electron chi connectivity index (χ0n) is 20.1. The van der Waals surface area contributed by atoms with Crippen molar-refractivity contribution in [3.05, 3.63) is 75.2 Å². The lowest BCUT2D eigenvalue weighted by Crippen LogP contribution is -2.53. The summed E-state index contributed by atoms with van der Waals surface area (Å²) >= 11 is 5.96. The first-order chi connectivity index (χ1) is 17.3. The van der Waals surface area contributed by atoms with Crippen molar-refractivity contribution in [1.82, 2.24) is 19.7 Å². The number of carbonyl (C=O) groups excluding carboxylic acids is 2. The van der Waals surface area contributed by atoms with Crippen LogP contribution < -0.4 is 16.7 Å². The highest BCUT2D eigenvalue weighted by atomic mass is 35.5. The molecule has 2 aromatic carbocycles. The molecule has 0 radical (unpaired) electrons. The third-order valence-corrected chi connectivity index (χ3v) is 6.48. The molecule has 0 bridgehead atoms. The van der Waals surface area contributed by atoms with E-state index in [2.05, 4.69) is 10.4 Å². The maximum absolute atomic E-state index is 13.6. The Morgan fingerprint density at radius 1 is 1.14 bits per heavy atom. The molecule has 3 N–H and O–H groups in total. The van der Waals surface area contributed by atoms with Gasteiger partial charge in [0.15, 0.2) is 5.82 Å². The molecule has 1 saturated carbocycles. The summed E-state index contributed by atoms with van der Waals surface area (Å²) in [4.78, 5) is 38.4. The van der Waals surface area contributed by atoms with Gasteiger partial charge >= 0.3 is 11.9 Å². The zero-order valence-corrected chi connectivity index (χ0v) is 20.8. The van der Waals surface area contributed by atoms with Crippen molar-refractivity contribution in [3.63, 3.8) is 0 Å². The lowest BCUT2D eigenvalue weighted by molar-refractivity contribution is -0.138. The number of halogens is 4. The Bertz CT molecular complexity index is 1390. The van der Waals surface area contributed by atoms with Crippen molar-refractivity contribution in [2.75, 3.05) is 0 Å². The van der Waals surface area contributed by atoms with E-state index in [0.29, 0.717) is 16.4 Å². The van der Waals surface area contributed by atoms with Crippen molar-refractivity contribution in [2.45, 2.75) is 56.9 Å². The number of rotatable bonds is 8. The third-order valence-electron chi connectivity index (χ3n) is 6.22. The standard InChI is InChI=1S/C25H25ClF3N5O3/c1-24(2,20(21(30)36)17-5-3-4-6-18(17)25(27,28)29)31-19(35)13-33-23(37)34(16-11-12-16)22(32-33)14-7-9-15(26)10-8-14/h3-10,16,20H,11-13H2,1-2H3,(H2,30,36)(H,31,35). The van der Waals surface area contributed by atoms with Gasteiger partial charge in [-0.3, -0.25) is 14.2 Å². The number of hydrogen-bond acceptors (Lipinski definition) is 4. The Morgan fingerprint density at radius 3 is 2.32 bits per heavy atom. The first-order valence-electron chi connectivity index (χ1n) is 11.5. The highest BCUT2D eigenvalue weighted by molar-refractivity contribution is 6.30. The van der Waals surface area contributed by atoms with E-state index in [0.717, 1.165) is 29.7 Å². The SMILES string of the molecule is CC(C)(NC(=O)Cn1nc(-c2ccc(Cl)cc2)n(C2CC2)c1=O)C(C(N)=O)c1ccccc1C(F)(F)F. The topological polar surface area (TPSA) is 112 Å². The van der Waals surface area contributed by atoms with Crippen LogP contribution in [-0.4, -0.2) is 31.7 Å². The van der Waals surface area contributed by atoms with E-state index in [1.54, 1.807) is 24.3 Å². The van der Waals surface area contributed by atoms with E-state index in [-0.39, 0.29) is 11.6 Å². The molecule has 1 fully saturated rings. The fourth-order valence-electron chi connectivity index (χ4n) is 4.49. The van der Waals surface area contributed by atoms with Gasteiger partial charge in [-0.2, -0.15) is 13.2 Å². The molecule has 1 aromatic heterocycles. The lowest BCUT2D eigenvalue weighted by Gasteiger charge is -2.34. The van der Waals surface area contributed by atoms with E-state index >= 15 is 0 Å². The molecule has 8 nitrogen and oxygen atoms in total. The number of alkyl halides is 3. The van der Waals surface area contributed by atoms with Gasteiger partial charge in [0.25, 0.3) is 0 Å². The van der Waals surface area contributed by atoms with Crippen LogP contribution in [0.15, 0.2) is 53.3 Å². The smallest absolute Gasteiger partial charge is 0.369 e. The Labute approximate surface area is 215 Å². The lowest BCUT2D eigenvalue weighted by atomic mass is 9.79. The quantitative estimate of drug-likeness (QED) is 0.456. The summed E-state index contributed by atoms with van der Waals surface area (Å²) in [5, 5.41) is 7.44. The van der Waals surface area contributed by atoms with Crippen LogP contribution in [0.3, 0.4) is 0 Å². The maximum atomic E-state index is 13.6. The predicted octanol–water partition coefficient (Wildman–Crippen LogP) is 3.88. The van der Waals surface area contributed by atoms with Gasteiger partial charge < -0.3 is 11.1 Å². The molecule has 1 unspecified atom stereocenters. The number of nitrogens with zero attached hydrogens (tertiary/aromatic N) is 3. The number of hydrogen-bond donors (Lipinski definition) is 2. The molecule has 1 heterocycles. The van der Waals surface area contributed by atoms with Crippen LogP contribution >= 0.6 is 11.6 Å². The number of nitrogens with one attached hydrogen (secondary N) is 1. The van der Waals surface area contributed by atoms with Crippen LogP contribution in [0, 0.1) is 0 Å². The Kier molecular flexibility index (Phi) is 6.93. The number of primary amides is 1. The molecule has 0 spiro atoms. The van der Waals surface area contributed by atoms with Crippen LogP contribution in [0.2, 0.25) is 5.02 Å². The molecular weight excluding hydrogens is 511 g/mol. The van der Waals surface area contributed by atoms with Gasteiger partial charge in [-0.1, -0.05) is 29.8 Å². The largest absolute Gasteiger partial charge is 0.416 e. The predicted molar refractivity (Wildman–Crippen MR) is 131 cm³/mol. The summed E-state index contributed by atoms with van der Waals surface area (Å²) < 4.78 is 43.4. The molecule has 2 amide bonds. The zero-order chi connectivity index (χ0) is 27.1. The van der Waals surface area contributed by atoms with E-state index in [1.165, 1.54) is 30.5 Å². The van der Waals surface area contributed by atoms with Gasteiger partial charge in [0.2, 0.25) is 11.8 Å². The van der Waals surface area contributed by atoms with E-state index in [1.807, 2.05) is 0 Å². The van der Waals surface area contributed by atoms with Crippen LogP contribution in [0.25, 0.3) is 11.4 Å². The van der Waals surface area contributed by atoms with E-state index < -0.39 is 47.2 Å². The number of nitrogens with two attached hydrogens (primary N) is 1. The average Bonchev–Trinajstić information content (AvgIpc) is 3.57. The van der Waals surface area contributed by atoms with Crippen molar-refractivity contribution in [3.8, 4) is 11.4 Å². The fraction of sp³-hybridized carbons (Fsp3) is 0.360. The molecule has 37 heavy (non-hydrogen) atoms. The second-order valence-corrected chi connectivity index (χ2v) is 10.00. The van der Waals surface area contributed by atoms with Crippen molar-refractivity contribution in [1.29, 1.82) is 0 Å². The van der Waals surface area contributed by atoms with E-state index in [4.69, 9.17) is 17.3 Å². The van der Waals surface area contributed by atoms with Crippen molar-refractivity contribution < 1.29 is 22.8 Å². The summed E-state index contributed by atoms with van der Waals surface area (Å²) in [5.41, 5.74) is 2.78. The summed E-state index contributed by atoms with van der Waals surface area (Å²) in [7, 11) is 0. The summed E-state index contributed by atoms with van der Waals surface area (Å²) in [5.74, 6) is -2.88. The van der Waals surface area contributed by atoms with Gasteiger partial charge in [-0.25, -0.2) is 9.48 Å². The molecule has 1 aliphatic carbocycles. The molecular formula is C25H25ClF3N5O3. The van der Waals surface area contributed by atoms with Gasteiger partial charge in [-0.15, -0.1) is 5.10 Å². The second-order valence-electron chi connectivity index (χ2n) is 9.56. The minimum Gasteiger partial charge on any atom is -0.369 e. The molecule has 3 aromatic rings. The van der Waals surface area contributed by atoms with E-state index in [9.17, 15) is 27.6 Å². The molecule has 1 atom stereocenters. The second kappa shape index (κ2) is 9.70. The number of benzene rings is 2. The summed E-state index contributed by atoms with van der Waals surface area (Å²) in [6.45, 7) is 2.30. The van der Waals surface area contributed by atoms with Gasteiger partial charge in [0, 0.05) is 16.6 Å². The first-order valence-corrected chi connectivity index (χ1v) is 11.9. The van der Waals surface area contributed by atoms with Crippen molar-refractivity contribution >= 4 is 23.4 Å². The van der Waals surface area contributed by atoms with Crippen LogP contribution in [0.5, 0.6) is 0 Å². The van der Waals surface area contributed by atoms with Gasteiger partial charge in [0.05, 0.1) is 17.0 Å². The van der Waals surface area contributed by atoms with Crippen molar-refractivity contribution in [2.24, 2.45) is 5.73 Å². The van der Waals surface area contributed by atoms with Crippen LogP contribution in [0.1, 0.15) is 49.8 Å². The average molecular weight is 536 g/mol. The normalized spacial score (nSPS) is 14.9. The van der Waals surface area contributed by atoms with Crippen LogP contribution in [0.4, 0.5) is 13.2 Å². The maximum Gasteiger partial charge on any atom is 0.416 e. The fourth-order valence-corrected chi connectivity index (χ4v) is 4.62. The summed E-state index contributed by atoms with van der Waals surface area (Å²) in [6, 6.07) is 11.3. The number of carbonyl (C=O) groups is 2.